The highest BCUT2D eigenvalue weighted by Crippen LogP contribution is 2.41. The monoisotopic (exact) mass is 354 g/mol. The summed E-state index contributed by atoms with van der Waals surface area (Å²) in [5.74, 6) is 2.53. The van der Waals surface area contributed by atoms with Crippen molar-refractivity contribution in [3.63, 3.8) is 0 Å². The number of likely N-dealkylation sites (tertiary alicyclic amines) is 1. The first kappa shape index (κ1) is 17.5. The molecule has 1 aromatic rings. The molecule has 3 rings (SSSR count). The van der Waals surface area contributed by atoms with Gasteiger partial charge in [0.05, 0.1) is 11.3 Å². The van der Waals surface area contributed by atoms with E-state index < -0.39 is 9.84 Å². The van der Waals surface area contributed by atoms with Crippen molar-refractivity contribution in [1.29, 1.82) is 0 Å². The van der Waals surface area contributed by atoms with Crippen LogP contribution < -0.4 is 5.32 Å². The van der Waals surface area contributed by atoms with Gasteiger partial charge in [-0.1, -0.05) is 0 Å². The zero-order chi connectivity index (χ0) is 17.5. The Balaban J connectivity index is 1.64. The Labute approximate surface area is 143 Å². The van der Waals surface area contributed by atoms with Crippen LogP contribution in [0.15, 0.2) is 10.5 Å². The summed E-state index contributed by atoms with van der Waals surface area (Å²) in [6.45, 7) is 5.76. The van der Waals surface area contributed by atoms with E-state index in [0.717, 1.165) is 18.8 Å². The van der Waals surface area contributed by atoms with Gasteiger partial charge >= 0.3 is 0 Å². The first-order valence-corrected chi connectivity index (χ1v) is 10.6. The van der Waals surface area contributed by atoms with Crippen LogP contribution >= 0.6 is 0 Å². The van der Waals surface area contributed by atoms with E-state index in [1.54, 1.807) is 13.0 Å². The van der Waals surface area contributed by atoms with Gasteiger partial charge in [0.1, 0.15) is 21.4 Å². The van der Waals surface area contributed by atoms with Crippen LogP contribution in [-0.2, 0) is 9.84 Å². The molecule has 1 N–H and O–H groups in total. The highest BCUT2D eigenvalue weighted by Gasteiger charge is 2.43. The number of amides is 1. The molecule has 1 aliphatic heterocycles. The highest BCUT2D eigenvalue weighted by molar-refractivity contribution is 7.90. The smallest absolute Gasteiger partial charge is 0.255 e. The van der Waals surface area contributed by atoms with Crippen molar-refractivity contribution in [1.82, 2.24) is 10.2 Å². The van der Waals surface area contributed by atoms with E-state index >= 15 is 0 Å². The zero-order valence-corrected chi connectivity index (χ0v) is 15.4. The minimum Gasteiger partial charge on any atom is -0.466 e. The number of nitrogens with zero attached hydrogens (tertiary/aromatic N) is 1. The fourth-order valence-corrected chi connectivity index (χ4v) is 4.24. The van der Waals surface area contributed by atoms with Crippen LogP contribution in [-0.4, -0.2) is 56.9 Å². The Bertz CT molecular complexity index is 721. The Morgan fingerprint density at radius 1 is 1.33 bits per heavy atom. The molecular weight excluding hydrogens is 328 g/mol. The number of rotatable bonds is 6. The molecule has 0 aromatic carbocycles. The molecule has 2 atom stereocenters. The number of furan rings is 1. The maximum Gasteiger partial charge on any atom is 0.255 e. The molecule has 2 fully saturated rings. The van der Waals surface area contributed by atoms with E-state index in [-0.39, 0.29) is 17.7 Å². The number of carbonyl (C=O) groups is 1. The SMILES string of the molecule is Cc1cc(C(=O)NC2CN(CCS(C)(=O)=O)CC2C2CC2)c(C)o1. The molecule has 0 spiro atoms. The van der Waals surface area contributed by atoms with Gasteiger partial charge in [-0.2, -0.15) is 0 Å². The minimum atomic E-state index is -2.96. The number of nitrogens with one attached hydrogen (secondary N) is 1. The van der Waals surface area contributed by atoms with E-state index in [9.17, 15) is 13.2 Å². The molecule has 1 saturated heterocycles. The molecule has 0 bridgehead atoms. The summed E-state index contributed by atoms with van der Waals surface area (Å²) in [5.41, 5.74) is 0.594. The fraction of sp³-hybridized carbons (Fsp3) is 0.706. The maximum absolute atomic E-state index is 12.6. The molecular formula is C17H26N2O4S. The predicted octanol–water partition coefficient (Wildman–Crippen LogP) is 1.38. The van der Waals surface area contributed by atoms with Gasteiger partial charge in [0.2, 0.25) is 0 Å². The van der Waals surface area contributed by atoms with Gasteiger partial charge in [0.25, 0.3) is 5.91 Å². The van der Waals surface area contributed by atoms with Crippen LogP contribution in [0.5, 0.6) is 0 Å². The predicted molar refractivity (Wildman–Crippen MR) is 91.8 cm³/mol. The zero-order valence-electron chi connectivity index (χ0n) is 14.5. The van der Waals surface area contributed by atoms with Crippen LogP contribution in [0, 0.1) is 25.7 Å². The number of carbonyl (C=O) groups excluding carboxylic acids is 1. The van der Waals surface area contributed by atoms with E-state index in [1.165, 1.54) is 19.1 Å². The van der Waals surface area contributed by atoms with E-state index in [2.05, 4.69) is 10.2 Å². The van der Waals surface area contributed by atoms with Crippen molar-refractivity contribution < 1.29 is 17.6 Å². The molecule has 0 radical (unpaired) electrons. The van der Waals surface area contributed by atoms with Crippen molar-refractivity contribution in [2.75, 3.05) is 31.6 Å². The van der Waals surface area contributed by atoms with Gasteiger partial charge in [-0.15, -0.1) is 0 Å². The summed E-state index contributed by atoms with van der Waals surface area (Å²) in [5, 5.41) is 3.16. The molecule has 2 unspecified atom stereocenters. The van der Waals surface area contributed by atoms with Gasteiger partial charge in [-0.05, 0) is 44.6 Å². The molecule has 24 heavy (non-hydrogen) atoms. The normalized spacial score (nSPS) is 25.1. The molecule has 134 valence electrons. The topological polar surface area (TPSA) is 79.6 Å². The van der Waals surface area contributed by atoms with Crippen LogP contribution in [0.2, 0.25) is 0 Å². The number of sulfone groups is 1. The van der Waals surface area contributed by atoms with Gasteiger partial charge in [-0.25, -0.2) is 8.42 Å². The maximum atomic E-state index is 12.6. The lowest BCUT2D eigenvalue weighted by atomic mass is 9.98. The lowest BCUT2D eigenvalue weighted by molar-refractivity contribution is 0.0926. The average Bonchev–Trinajstić information content (AvgIpc) is 3.15. The number of hydrogen-bond acceptors (Lipinski definition) is 5. The first-order valence-electron chi connectivity index (χ1n) is 8.51. The molecule has 1 amide bonds. The van der Waals surface area contributed by atoms with Crippen LogP contribution in [0.1, 0.15) is 34.7 Å². The van der Waals surface area contributed by atoms with Gasteiger partial charge < -0.3 is 9.73 Å². The lowest BCUT2D eigenvalue weighted by Gasteiger charge is -2.19. The highest BCUT2D eigenvalue weighted by atomic mass is 32.2. The Morgan fingerprint density at radius 3 is 2.58 bits per heavy atom. The summed E-state index contributed by atoms with van der Waals surface area (Å²) in [6.07, 6.45) is 3.69. The second-order valence-corrected chi connectivity index (χ2v) is 9.56. The Kier molecular flexibility index (Phi) is 4.75. The van der Waals surface area contributed by atoms with Crippen LogP contribution in [0.3, 0.4) is 0 Å². The average molecular weight is 354 g/mol. The van der Waals surface area contributed by atoms with E-state index in [4.69, 9.17) is 4.42 Å². The first-order chi connectivity index (χ1) is 11.2. The second-order valence-electron chi connectivity index (χ2n) is 7.30. The lowest BCUT2D eigenvalue weighted by Crippen LogP contribution is -2.41. The van der Waals surface area contributed by atoms with Crippen molar-refractivity contribution >= 4 is 15.7 Å². The summed E-state index contributed by atoms with van der Waals surface area (Å²) < 4.78 is 28.2. The van der Waals surface area contributed by atoms with Crippen molar-refractivity contribution in [3.05, 3.63) is 23.2 Å². The molecule has 6 nitrogen and oxygen atoms in total. The van der Waals surface area contributed by atoms with E-state index in [1.807, 2.05) is 6.92 Å². The van der Waals surface area contributed by atoms with Gasteiger partial charge in [-0.3, -0.25) is 9.69 Å². The quantitative estimate of drug-likeness (QED) is 0.835. The minimum absolute atomic E-state index is 0.0826. The third kappa shape index (κ3) is 4.19. The summed E-state index contributed by atoms with van der Waals surface area (Å²) >= 11 is 0. The van der Waals surface area contributed by atoms with E-state index in [0.29, 0.717) is 29.7 Å². The van der Waals surface area contributed by atoms with Gasteiger partial charge in [0.15, 0.2) is 0 Å². The summed E-state index contributed by atoms with van der Waals surface area (Å²) in [6, 6.07) is 1.85. The second kappa shape index (κ2) is 6.52. The summed E-state index contributed by atoms with van der Waals surface area (Å²) in [4.78, 5) is 14.7. The molecule has 2 aliphatic rings. The largest absolute Gasteiger partial charge is 0.466 e. The molecule has 2 heterocycles. The third-order valence-corrected chi connectivity index (χ3v) is 5.97. The third-order valence-electron chi connectivity index (χ3n) is 5.05. The Morgan fingerprint density at radius 2 is 2.04 bits per heavy atom. The van der Waals surface area contributed by atoms with Crippen LogP contribution in [0.4, 0.5) is 0 Å². The van der Waals surface area contributed by atoms with Gasteiger partial charge in [0, 0.05) is 31.9 Å². The fourth-order valence-electron chi connectivity index (χ4n) is 3.65. The van der Waals surface area contributed by atoms with Crippen molar-refractivity contribution in [2.24, 2.45) is 11.8 Å². The van der Waals surface area contributed by atoms with Crippen LogP contribution in [0.25, 0.3) is 0 Å². The van der Waals surface area contributed by atoms with Crippen molar-refractivity contribution in [3.8, 4) is 0 Å². The van der Waals surface area contributed by atoms with Crippen molar-refractivity contribution in [2.45, 2.75) is 32.7 Å². The molecule has 1 aromatic heterocycles. The number of aryl methyl sites for hydroxylation is 2. The Hall–Kier alpha value is -1.34. The summed E-state index contributed by atoms with van der Waals surface area (Å²) in [7, 11) is -2.96. The molecule has 7 heteroatoms. The molecule has 1 saturated carbocycles. The molecule has 1 aliphatic carbocycles. The standard InChI is InChI=1S/C17H26N2O4S/c1-11-8-14(12(2)23-11)17(20)18-16-10-19(6-7-24(3,21)22)9-15(16)13-4-5-13/h8,13,15-16H,4-7,9-10H2,1-3H3,(H,18,20). The number of hydrogen-bond donors (Lipinski definition) is 1.